The molecule has 29 heavy (non-hydrogen) atoms. The van der Waals surface area contributed by atoms with Crippen LogP contribution in [-0.2, 0) is 20.7 Å². The van der Waals surface area contributed by atoms with E-state index in [9.17, 15) is 14.4 Å². The van der Waals surface area contributed by atoms with Gasteiger partial charge in [-0.25, -0.2) is 0 Å². The van der Waals surface area contributed by atoms with Crippen molar-refractivity contribution in [3.63, 3.8) is 0 Å². The van der Waals surface area contributed by atoms with Crippen LogP contribution < -0.4 is 15.4 Å². The SMILES string of the molecule is CCCCc1ccc(NC(=O)COC(=O)CNC(=O)c2cccc(OC)c2)cc1. The maximum atomic E-state index is 12.0. The van der Waals surface area contributed by atoms with E-state index in [0.717, 1.165) is 19.3 Å². The largest absolute Gasteiger partial charge is 0.497 e. The number of aryl methyl sites for hydroxylation is 1. The van der Waals surface area contributed by atoms with Gasteiger partial charge in [-0.1, -0.05) is 31.5 Å². The summed E-state index contributed by atoms with van der Waals surface area (Å²) in [5.74, 6) is -1.05. The Kier molecular flexibility index (Phi) is 8.69. The Morgan fingerprint density at radius 2 is 1.79 bits per heavy atom. The van der Waals surface area contributed by atoms with Gasteiger partial charge in [0.15, 0.2) is 6.61 Å². The van der Waals surface area contributed by atoms with Gasteiger partial charge in [0, 0.05) is 11.3 Å². The number of carbonyl (C=O) groups is 3. The van der Waals surface area contributed by atoms with Gasteiger partial charge in [0.25, 0.3) is 11.8 Å². The zero-order valence-corrected chi connectivity index (χ0v) is 16.7. The van der Waals surface area contributed by atoms with E-state index in [2.05, 4.69) is 17.6 Å². The Morgan fingerprint density at radius 3 is 2.48 bits per heavy atom. The number of nitrogens with one attached hydrogen (secondary N) is 2. The molecular formula is C22H26N2O5. The molecule has 0 atom stereocenters. The fourth-order valence-electron chi connectivity index (χ4n) is 2.55. The van der Waals surface area contributed by atoms with Crippen LogP contribution in [0, 0.1) is 0 Å². The minimum absolute atomic E-state index is 0.338. The Bertz CT molecular complexity index is 833. The first-order valence-electron chi connectivity index (χ1n) is 9.48. The van der Waals surface area contributed by atoms with Crippen molar-refractivity contribution in [3.05, 3.63) is 59.7 Å². The predicted octanol–water partition coefficient (Wildman–Crippen LogP) is 2.95. The van der Waals surface area contributed by atoms with Crippen LogP contribution in [0.4, 0.5) is 5.69 Å². The summed E-state index contributed by atoms with van der Waals surface area (Å²) < 4.78 is 9.95. The Morgan fingerprint density at radius 1 is 1.03 bits per heavy atom. The standard InChI is InChI=1S/C22H26N2O5/c1-3-4-6-16-9-11-18(12-10-16)24-20(25)15-29-21(26)14-23-22(27)17-7-5-8-19(13-17)28-2/h5,7-13H,3-4,6,14-15H2,1-2H3,(H,23,27)(H,24,25). The van der Waals surface area contributed by atoms with Gasteiger partial charge in [-0.05, 0) is 48.7 Å². The van der Waals surface area contributed by atoms with E-state index in [1.165, 1.54) is 12.7 Å². The van der Waals surface area contributed by atoms with Gasteiger partial charge in [-0.2, -0.15) is 0 Å². The molecule has 0 heterocycles. The summed E-state index contributed by atoms with van der Waals surface area (Å²) in [6.07, 6.45) is 3.25. The van der Waals surface area contributed by atoms with Crippen molar-refractivity contribution in [3.8, 4) is 5.75 Å². The molecule has 0 aromatic heterocycles. The van der Waals surface area contributed by atoms with Crippen LogP contribution >= 0.6 is 0 Å². The number of rotatable bonds is 10. The normalized spacial score (nSPS) is 10.1. The average Bonchev–Trinajstić information content (AvgIpc) is 2.75. The first-order chi connectivity index (χ1) is 14.0. The molecule has 7 nitrogen and oxygen atoms in total. The summed E-state index contributed by atoms with van der Waals surface area (Å²) in [7, 11) is 1.50. The Labute approximate surface area is 170 Å². The third-order valence-corrected chi connectivity index (χ3v) is 4.15. The van der Waals surface area contributed by atoms with E-state index in [1.54, 1.807) is 24.3 Å². The van der Waals surface area contributed by atoms with Gasteiger partial charge in [-0.3, -0.25) is 14.4 Å². The van der Waals surface area contributed by atoms with Crippen molar-refractivity contribution < 1.29 is 23.9 Å². The number of amides is 2. The molecule has 2 rings (SSSR count). The van der Waals surface area contributed by atoms with Crippen molar-refractivity contribution in [1.82, 2.24) is 5.32 Å². The smallest absolute Gasteiger partial charge is 0.325 e. The van der Waals surface area contributed by atoms with Crippen LogP contribution in [0.3, 0.4) is 0 Å². The molecule has 7 heteroatoms. The summed E-state index contributed by atoms with van der Waals surface area (Å²) in [6, 6.07) is 14.1. The molecule has 2 amide bonds. The fraction of sp³-hybridized carbons (Fsp3) is 0.318. The number of hydrogen-bond acceptors (Lipinski definition) is 5. The lowest BCUT2D eigenvalue weighted by Crippen LogP contribution is -2.32. The number of carbonyl (C=O) groups excluding carboxylic acids is 3. The summed E-state index contributed by atoms with van der Waals surface area (Å²) >= 11 is 0. The van der Waals surface area contributed by atoms with Crippen molar-refractivity contribution in [2.45, 2.75) is 26.2 Å². The number of anilines is 1. The minimum Gasteiger partial charge on any atom is -0.497 e. The monoisotopic (exact) mass is 398 g/mol. The van der Waals surface area contributed by atoms with Gasteiger partial charge < -0.3 is 20.1 Å². The average molecular weight is 398 g/mol. The molecule has 0 aliphatic heterocycles. The second kappa shape index (κ2) is 11.5. The molecule has 0 aliphatic carbocycles. The first kappa shape index (κ1) is 21.9. The van der Waals surface area contributed by atoms with Crippen LogP contribution in [0.15, 0.2) is 48.5 Å². The van der Waals surface area contributed by atoms with E-state index >= 15 is 0 Å². The van der Waals surface area contributed by atoms with E-state index in [4.69, 9.17) is 9.47 Å². The Hall–Kier alpha value is -3.35. The van der Waals surface area contributed by atoms with Crippen LogP contribution in [0.5, 0.6) is 5.75 Å². The molecule has 2 N–H and O–H groups in total. The molecule has 154 valence electrons. The molecule has 0 spiro atoms. The van der Waals surface area contributed by atoms with Gasteiger partial charge in [0.1, 0.15) is 12.3 Å². The summed E-state index contributed by atoms with van der Waals surface area (Å²) in [5.41, 5.74) is 2.21. The second-order valence-electron chi connectivity index (χ2n) is 6.42. The van der Waals surface area contributed by atoms with Crippen molar-refractivity contribution in [1.29, 1.82) is 0 Å². The van der Waals surface area contributed by atoms with Gasteiger partial charge in [0.05, 0.1) is 7.11 Å². The number of hydrogen-bond donors (Lipinski definition) is 2. The number of esters is 1. The number of benzene rings is 2. The molecule has 2 aromatic rings. The minimum atomic E-state index is -0.702. The van der Waals surface area contributed by atoms with Crippen molar-refractivity contribution >= 4 is 23.5 Å². The van der Waals surface area contributed by atoms with E-state index in [-0.39, 0.29) is 6.54 Å². The molecule has 0 fully saturated rings. The topological polar surface area (TPSA) is 93.7 Å². The summed E-state index contributed by atoms with van der Waals surface area (Å²) in [4.78, 5) is 35.7. The number of unbranched alkanes of at least 4 members (excludes halogenated alkanes) is 1. The van der Waals surface area contributed by atoms with Crippen LogP contribution in [0.2, 0.25) is 0 Å². The lowest BCUT2D eigenvalue weighted by molar-refractivity contribution is -0.146. The highest BCUT2D eigenvalue weighted by molar-refractivity contribution is 5.97. The molecule has 0 radical (unpaired) electrons. The van der Waals surface area contributed by atoms with Gasteiger partial charge in [-0.15, -0.1) is 0 Å². The highest BCUT2D eigenvalue weighted by Crippen LogP contribution is 2.13. The lowest BCUT2D eigenvalue weighted by Gasteiger charge is -2.09. The second-order valence-corrected chi connectivity index (χ2v) is 6.42. The first-order valence-corrected chi connectivity index (χ1v) is 9.48. The maximum Gasteiger partial charge on any atom is 0.325 e. The lowest BCUT2D eigenvalue weighted by atomic mass is 10.1. The number of ether oxygens (including phenoxy) is 2. The third-order valence-electron chi connectivity index (χ3n) is 4.15. The van der Waals surface area contributed by atoms with Crippen molar-refractivity contribution in [2.24, 2.45) is 0 Å². The quantitative estimate of drug-likeness (QED) is 0.600. The molecule has 0 saturated heterocycles. The summed E-state index contributed by atoms with van der Waals surface area (Å²) in [5, 5.41) is 5.11. The zero-order chi connectivity index (χ0) is 21.1. The predicted molar refractivity (Wildman–Crippen MR) is 110 cm³/mol. The van der Waals surface area contributed by atoms with Crippen LogP contribution in [-0.4, -0.2) is 38.0 Å². The molecule has 0 aliphatic rings. The zero-order valence-electron chi connectivity index (χ0n) is 16.7. The summed E-state index contributed by atoms with van der Waals surface area (Å²) in [6.45, 7) is 1.38. The van der Waals surface area contributed by atoms with Crippen molar-refractivity contribution in [2.75, 3.05) is 25.6 Å². The van der Waals surface area contributed by atoms with E-state index in [1.807, 2.05) is 24.3 Å². The highest BCUT2D eigenvalue weighted by atomic mass is 16.5. The number of methoxy groups -OCH3 is 1. The molecule has 0 bridgehead atoms. The fourth-order valence-corrected chi connectivity index (χ4v) is 2.55. The van der Waals surface area contributed by atoms with Gasteiger partial charge >= 0.3 is 5.97 Å². The maximum absolute atomic E-state index is 12.0. The van der Waals surface area contributed by atoms with Gasteiger partial charge in [0.2, 0.25) is 0 Å². The van der Waals surface area contributed by atoms with Crippen LogP contribution in [0.25, 0.3) is 0 Å². The molecule has 0 unspecified atom stereocenters. The highest BCUT2D eigenvalue weighted by Gasteiger charge is 2.11. The molecule has 2 aromatic carbocycles. The van der Waals surface area contributed by atoms with E-state index in [0.29, 0.717) is 17.0 Å². The molecule has 0 saturated carbocycles. The Balaban J connectivity index is 1.71. The van der Waals surface area contributed by atoms with E-state index < -0.39 is 24.4 Å². The molecular weight excluding hydrogens is 372 g/mol. The third kappa shape index (κ3) is 7.65. The van der Waals surface area contributed by atoms with Crippen LogP contribution in [0.1, 0.15) is 35.7 Å².